The van der Waals surface area contributed by atoms with E-state index in [2.05, 4.69) is 0 Å². The van der Waals surface area contributed by atoms with Crippen LogP contribution in [-0.2, 0) is 0 Å². The van der Waals surface area contributed by atoms with E-state index in [1.165, 1.54) is 18.2 Å². The third-order valence-electron chi connectivity index (χ3n) is 3.45. The monoisotopic (exact) mass is 254 g/mol. The van der Waals surface area contributed by atoms with Crippen LogP contribution in [0.25, 0.3) is 0 Å². The summed E-state index contributed by atoms with van der Waals surface area (Å²) in [4.78, 5) is 0. The van der Waals surface area contributed by atoms with E-state index in [0.717, 1.165) is 25.7 Å². The van der Waals surface area contributed by atoms with Crippen LogP contribution in [0.3, 0.4) is 0 Å². The second-order valence-electron chi connectivity index (χ2n) is 5.08. The number of hydrogen-bond donors (Lipinski definition) is 2. The molecule has 4 heteroatoms. The fourth-order valence-corrected chi connectivity index (χ4v) is 2.37. The summed E-state index contributed by atoms with van der Waals surface area (Å²) in [6.07, 6.45) is 2.68. The SMILES string of the molecule is C[C@@H](O)c1cc(F)ccc1OCC1(O)CCCC1. The third kappa shape index (κ3) is 3.00. The first kappa shape index (κ1) is 13.3. The summed E-state index contributed by atoms with van der Waals surface area (Å²) in [5.41, 5.74) is -0.360. The maximum absolute atomic E-state index is 13.1. The predicted molar refractivity (Wildman–Crippen MR) is 65.9 cm³/mol. The van der Waals surface area contributed by atoms with Crippen molar-refractivity contribution in [2.45, 2.75) is 44.3 Å². The molecule has 1 aromatic rings. The molecule has 0 saturated heterocycles. The summed E-state index contributed by atoms with van der Waals surface area (Å²) < 4.78 is 18.7. The maximum atomic E-state index is 13.1. The van der Waals surface area contributed by atoms with Crippen molar-refractivity contribution >= 4 is 0 Å². The molecule has 1 fully saturated rings. The van der Waals surface area contributed by atoms with E-state index < -0.39 is 17.5 Å². The summed E-state index contributed by atoms with van der Waals surface area (Å²) in [7, 11) is 0. The Balaban J connectivity index is 2.09. The Bertz CT molecular complexity index is 412. The molecule has 1 aromatic carbocycles. The number of halogens is 1. The summed E-state index contributed by atoms with van der Waals surface area (Å²) in [5.74, 6) is 0.0320. The Morgan fingerprint density at radius 2 is 2.06 bits per heavy atom. The van der Waals surface area contributed by atoms with Crippen LogP contribution in [-0.4, -0.2) is 22.4 Å². The number of aliphatic hydroxyl groups excluding tert-OH is 1. The molecule has 0 bridgehead atoms. The average Bonchev–Trinajstić information content (AvgIpc) is 2.75. The Kier molecular flexibility index (Phi) is 3.88. The lowest BCUT2D eigenvalue weighted by Gasteiger charge is -2.23. The summed E-state index contributed by atoms with van der Waals surface area (Å²) >= 11 is 0. The molecule has 0 spiro atoms. The van der Waals surface area contributed by atoms with Gasteiger partial charge in [-0.1, -0.05) is 12.8 Å². The number of benzene rings is 1. The van der Waals surface area contributed by atoms with Crippen LogP contribution in [0.4, 0.5) is 4.39 Å². The van der Waals surface area contributed by atoms with Gasteiger partial charge in [0.2, 0.25) is 0 Å². The van der Waals surface area contributed by atoms with Crippen LogP contribution < -0.4 is 4.74 Å². The van der Waals surface area contributed by atoms with E-state index >= 15 is 0 Å². The van der Waals surface area contributed by atoms with Gasteiger partial charge in [-0.05, 0) is 38.0 Å². The number of hydrogen-bond acceptors (Lipinski definition) is 3. The Morgan fingerprint density at radius 1 is 1.39 bits per heavy atom. The van der Waals surface area contributed by atoms with Gasteiger partial charge in [0.25, 0.3) is 0 Å². The molecule has 0 amide bonds. The Hall–Kier alpha value is -1.13. The molecule has 3 nitrogen and oxygen atoms in total. The van der Waals surface area contributed by atoms with Gasteiger partial charge in [-0.3, -0.25) is 0 Å². The second-order valence-corrected chi connectivity index (χ2v) is 5.08. The van der Waals surface area contributed by atoms with Crippen molar-refractivity contribution in [1.29, 1.82) is 0 Å². The number of ether oxygens (including phenoxy) is 1. The van der Waals surface area contributed by atoms with Crippen LogP contribution in [0, 0.1) is 5.82 Å². The zero-order chi connectivity index (χ0) is 13.2. The summed E-state index contributed by atoms with van der Waals surface area (Å²) in [6, 6.07) is 4.05. The van der Waals surface area contributed by atoms with Crippen molar-refractivity contribution in [2.75, 3.05) is 6.61 Å². The van der Waals surface area contributed by atoms with Crippen molar-refractivity contribution in [3.05, 3.63) is 29.6 Å². The molecule has 1 aliphatic rings. The molecule has 2 N–H and O–H groups in total. The second kappa shape index (κ2) is 5.24. The minimum atomic E-state index is -0.797. The summed E-state index contributed by atoms with van der Waals surface area (Å²) in [5, 5.41) is 19.8. The van der Waals surface area contributed by atoms with Gasteiger partial charge in [0.1, 0.15) is 18.2 Å². The van der Waals surface area contributed by atoms with Gasteiger partial charge in [0.15, 0.2) is 0 Å². The number of rotatable bonds is 4. The molecule has 0 radical (unpaired) electrons. The molecule has 100 valence electrons. The van der Waals surface area contributed by atoms with Gasteiger partial charge in [0.05, 0.1) is 11.7 Å². The highest BCUT2D eigenvalue weighted by Crippen LogP contribution is 2.32. The van der Waals surface area contributed by atoms with E-state index in [-0.39, 0.29) is 6.61 Å². The van der Waals surface area contributed by atoms with E-state index in [1.807, 2.05) is 0 Å². The molecule has 1 atom stereocenters. The quantitative estimate of drug-likeness (QED) is 0.868. The smallest absolute Gasteiger partial charge is 0.125 e. The van der Waals surface area contributed by atoms with Gasteiger partial charge in [-0.2, -0.15) is 0 Å². The molecule has 1 saturated carbocycles. The highest BCUT2D eigenvalue weighted by molar-refractivity contribution is 5.35. The van der Waals surface area contributed by atoms with Gasteiger partial charge in [0, 0.05) is 5.56 Å². The van der Waals surface area contributed by atoms with Crippen LogP contribution >= 0.6 is 0 Å². The van der Waals surface area contributed by atoms with E-state index in [9.17, 15) is 14.6 Å². The fourth-order valence-electron chi connectivity index (χ4n) is 2.37. The summed E-state index contributed by atoms with van der Waals surface area (Å²) in [6.45, 7) is 1.75. The first-order valence-corrected chi connectivity index (χ1v) is 6.33. The van der Waals surface area contributed by atoms with Gasteiger partial charge in [-0.25, -0.2) is 4.39 Å². The van der Waals surface area contributed by atoms with Gasteiger partial charge >= 0.3 is 0 Å². The minimum absolute atomic E-state index is 0.193. The average molecular weight is 254 g/mol. The standard InChI is InChI=1S/C14H19FO3/c1-10(16)12-8-11(15)4-5-13(12)18-9-14(17)6-2-3-7-14/h4-5,8,10,16-17H,2-3,6-7,9H2,1H3/t10-/m1/s1. The van der Waals surface area contributed by atoms with Gasteiger partial charge < -0.3 is 14.9 Å². The lowest BCUT2D eigenvalue weighted by molar-refractivity contribution is 0.000447. The largest absolute Gasteiger partial charge is 0.490 e. The van der Waals surface area contributed by atoms with Crippen LogP contribution in [0.1, 0.15) is 44.3 Å². The molecule has 0 heterocycles. The van der Waals surface area contributed by atoms with Crippen molar-refractivity contribution < 1.29 is 19.3 Å². The topological polar surface area (TPSA) is 49.7 Å². The normalized spacial score (nSPS) is 19.8. The van der Waals surface area contributed by atoms with Gasteiger partial charge in [-0.15, -0.1) is 0 Å². The van der Waals surface area contributed by atoms with E-state index in [4.69, 9.17) is 4.74 Å². The zero-order valence-electron chi connectivity index (χ0n) is 10.5. The molecule has 2 rings (SSSR count). The molecule has 1 aliphatic carbocycles. The van der Waals surface area contributed by atoms with Crippen molar-refractivity contribution in [1.82, 2.24) is 0 Å². The van der Waals surface area contributed by atoms with Crippen molar-refractivity contribution in [3.63, 3.8) is 0 Å². The fraction of sp³-hybridized carbons (Fsp3) is 0.571. The molecular weight excluding hydrogens is 235 g/mol. The van der Waals surface area contributed by atoms with Crippen molar-refractivity contribution in [3.8, 4) is 5.75 Å². The first-order valence-electron chi connectivity index (χ1n) is 6.33. The van der Waals surface area contributed by atoms with E-state index in [1.54, 1.807) is 6.92 Å². The molecule has 0 aliphatic heterocycles. The lowest BCUT2D eigenvalue weighted by atomic mass is 10.0. The Labute approximate surface area is 106 Å². The third-order valence-corrected chi connectivity index (χ3v) is 3.45. The predicted octanol–water partition coefficient (Wildman–Crippen LogP) is 2.56. The Morgan fingerprint density at radius 3 is 2.67 bits per heavy atom. The lowest BCUT2D eigenvalue weighted by Crippen LogP contribution is -2.32. The molecular formula is C14H19FO3. The maximum Gasteiger partial charge on any atom is 0.125 e. The minimum Gasteiger partial charge on any atom is -0.490 e. The molecule has 0 aromatic heterocycles. The molecule has 18 heavy (non-hydrogen) atoms. The molecule has 0 unspecified atom stereocenters. The van der Waals surface area contributed by atoms with Crippen molar-refractivity contribution in [2.24, 2.45) is 0 Å². The highest BCUT2D eigenvalue weighted by atomic mass is 19.1. The first-order chi connectivity index (χ1) is 8.50. The van der Waals surface area contributed by atoms with E-state index in [0.29, 0.717) is 11.3 Å². The van der Waals surface area contributed by atoms with Crippen LogP contribution in [0.2, 0.25) is 0 Å². The highest BCUT2D eigenvalue weighted by Gasteiger charge is 2.32. The van der Waals surface area contributed by atoms with Crippen LogP contribution in [0.5, 0.6) is 5.75 Å². The number of aliphatic hydroxyl groups is 2. The zero-order valence-corrected chi connectivity index (χ0v) is 10.5. The van der Waals surface area contributed by atoms with Crippen LogP contribution in [0.15, 0.2) is 18.2 Å².